The molecular formula is C20H19BrN2O2S. The summed E-state index contributed by atoms with van der Waals surface area (Å²) in [7, 11) is 1.57. The van der Waals surface area contributed by atoms with Gasteiger partial charge in [0.1, 0.15) is 5.75 Å². The third kappa shape index (κ3) is 4.31. The SMILES string of the molecule is CCCc1ccc(-c2csc(NC(=O)c3cc(OC)ccc3Br)n2)cc1. The van der Waals surface area contributed by atoms with Crippen LogP contribution in [-0.4, -0.2) is 18.0 Å². The summed E-state index contributed by atoms with van der Waals surface area (Å²) < 4.78 is 5.89. The Bertz CT molecular complexity index is 906. The van der Waals surface area contributed by atoms with Gasteiger partial charge in [-0.1, -0.05) is 37.6 Å². The Labute approximate surface area is 165 Å². The number of benzene rings is 2. The maximum Gasteiger partial charge on any atom is 0.258 e. The molecule has 0 aliphatic carbocycles. The Hall–Kier alpha value is -2.18. The summed E-state index contributed by atoms with van der Waals surface area (Å²) in [6.07, 6.45) is 2.21. The predicted octanol–water partition coefficient (Wildman–Crippen LogP) is 5.79. The van der Waals surface area contributed by atoms with E-state index < -0.39 is 0 Å². The highest BCUT2D eigenvalue weighted by Gasteiger charge is 2.14. The molecule has 0 aliphatic heterocycles. The van der Waals surface area contributed by atoms with Crippen molar-refractivity contribution in [3.8, 4) is 17.0 Å². The second-order valence-electron chi connectivity index (χ2n) is 5.78. The topological polar surface area (TPSA) is 51.2 Å². The van der Waals surface area contributed by atoms with Gasteiger partial charge in [-0.2, -0.15) is 0 Å². The Balaban J connectivity index is 1.75. The molecule has 2 aromatic carbocycles. The van der Waals surface area contributed by atoms with Crippen LogP contribution in [-0.2, 0) is 6.42 Å². The number of ether oxygens (including phenoxy) is 1. The Morgan fingerprint density at radius 3 is 2.69 bits per heavy atom. The molecule has 0 bridgehead atoms. The fourth-order valence-electron chi connectivity index (χ4n) is 2.56. The molecule has 0 radical (unpaired) electrons. The molecule has 1 heterocycles. The zero-order valence-electron chi connectivity index (χ0n) is 14.6. The van der Waals surface area contributed by atoms with E-state index in [0.717, 1.165) is 24.1 Å². The van der Waals surface area contributed by atoms with E-state index in [2.05, 4.69) is 57.4 Å². The number of hydrogen-bond acceptors (Lipinski definition) is 4. The molecule has 3 aromatic rings. The average molecular weight is 431 g/mol. The van der Waals surface area contributed by atoms with Crippen LogP contribution in [0.2, 0.25) is 0 Å². The summed E-state index contributed by atoms with van der Waals surface area (Å²) in [4.78, 5) is 17.1. The molecule has 134 valence electrons. The zero-order valence-corrected chi connectivity index (χ0v) is 17.0. The van der Waals surface area contributed by atoms with Crippen molar-refractivity contribution in [2.24, 2.45) is 0 Å². The van der Waals surface area contributed by atoms with Crippen molar-refractivity contribution in [3.63, 3.8) is 0 Å². The van der Waals surface area contributed by atoms with E-state index >= 15 is 0 Å². The van der Waals surface area contributed by atoms with Crippen LogP contribution >= 0.6 is 27.3 Å². The largest absolute Gasteiger partial charge is 0.497 e. The highest BCUT2D eigenvalue weighted by atomic mass is 79.9. The molecule has 0 aliphatic rings. The number of nitrogens with zero attached hydrogens (tertiary/aromatic N) is 1. The van der Waals surface area contributed by atoms with Crippen LogP contribution in [0, 0.1) is 0 Å². The number of anilines is 1. The van der Waals surface area contributed by atoms with Crippen LogP contribution in [0.5, 0.6) is 5.75 Å². The predicted molar refractivity (Wildman–Crippen MR) is 110 cm³/mol. The lowest BCUT2D eigenvalue weighted by molar-refractivity contribution is 0.102. The smallest absolute Gasteiger partial charge is 0.258 e. The highest BCUT2D eigenvalue weighted by Crippen LogP contribution is 2.27. The first-order chi connectivity index (χ1) is 12.6. The number of rotatable bonds is 6. The molecule has 1 aromatic heterocycles. The van der Waals surface area contributed by atoms with Crippen LogP contribution in [0.4, 0.5) is 5.13 Å². The van der Waals surface area contributed by atoms with Gasteiger partial charge in [-0.15, -0.1) is 11.3 Å². The lowest BCUT2D eigenvalue weighted by Crippen LogP contribution is -2.12. The normalized spacial score (nSPS) is 10.6. The van der Waals surface area contributed by atoms with E-state index in [-0.39, 0.29) is 5.91 Å². The monoisotopic (exact) mass is 430 g/mol. The standard InChI is InChI=1S/C20H19BrN2O2S/c1-3-4-13-5-7-14(8-6-13)18-12-26-20(22-18)23-19(24)16-11-15(25-2)9-10-17(16)21/h5-12H,3-4H2,1-2H3,(H,22,23,24). The van der Waals surface area contributed by atoms with Crippen molar-refractivity contribution >= 4 is 38.3 Å². The van der Waals surface area contributed by atoms with E-state index in [1.165, 1.54) is 16.9 Å². The Kier molecular flexibility index (Phi) is 6.06. The third-order valence-corrected chi connectivity index (χ3v) is 5.38. The van der Waals surface area contributed by atoms with Gasteiger partial charge in [-0.05, 0) is 46.1 Å². The molecule has 0 saturated heterocycles. The van der Waals surface area contributed by atoms with E-state index in [0.29, 0.717) is 20.9 Å². The van der Waals surface area contributed by atoms with Gasteiger partial charge in [0.05, 0.1) is 18.4 Å². The fraction of sp³-hybridized carbons (Fsp3) is 0.200. The molecule has 26 heavy (non-hydrogen) atoms. The van der Waals surface area contributed by atoms with Crippen LogP contribution in [0.15, 0.2) is 52.3 Å². The van der Waals surface area contributed by atoms with Gasteiger partial charge in [-0.25, -0.2) is 4.98 Å². The zero-order chi connectivity index (χ0) is 18.5. The molecule has 4 nitrogen and oxygen atoms in total. The molecular weight excluding hydrogens is 412 g/mol. The molecule has 3 rings (SSSR count). The second kappa shape index (κ2) is 8.47. The number of amides is 1. The number of hydrogen-bond donors (Lipinski definition) is 1. The lowest BCUT2D eigenvalue weighted by Gasteiger charge is -2.06. The summed E-state index contributed by atoms with van der Waals surface area (Å²) in [5.74, 6) is 0.403. The van der Waals surface area contributed by atoms with Gasteiger partial charge in [0.2, 0.25) is 0 Å². The van der Waals surface area contributed by atoms with Crippen LogP contribution in [0.25, 0.3) is 11.3 Å². The van der Waals surface area contributed by atoms with Gasteiger partial charge in [-0.3, -0.25) is 10.1 Å². The summed E-state index contributed by atoms with van der Waals surface area (Å²) in [5.41, 5.74) is 3.73. The van der Waals surface area contributed by atoms with E-state index in [4.69, 9.17) is 4.74 Å². The first kappa shape index (κ1) is 18.6. The van der Waals surface area contributed by atoms with Gasteiger partial charge < -0.3 is 4.74 Å². The molecule has 6 heteroatoms. The second-order valence-corrected chi connectivity index (χ2v) is 7.50. The Morgan fingerprint density at radius 2 is 2.00 bits per heavy atom. The average Bonchev–Trinajstić information content (AvgIpc) is 3.11. The number of nitrogens with one attached hydrogen (secondary N) is 1. The van der Waals surface area contributed by atoms with Crippen molar-refractivity contribution in [1.82, 2.24) is 4.98 Å². The maximum atomic E-state index is 12.5. The molecule has 0 atom stereocenters. The van der Waals surface area contributed by atoms with Crippen LogP contribution < -0.4 is 10.1 Å². The van der Waals surface area contributed by atoms with Gasteiger partial charge in [0.25, 0.3) is 5.91 Å². The summed E-state index contributed by atoms with van der Waals surface area (Å²) >= 11 is 4.81. The van der Waals surface area contributed by atoms with E-state index in [1.54, 1.807) is 25.3 Å². The molecule has 1 N–H and O–H groups in total. The molecule has 0 fully saturated rings. The van der Waals surface area contributed by atoms with Crippen molar-refractivity contribution in [2.45, 2.75) is 19.8 Å². The Morgan fingerprint density at radius 1 is 1.23 bits per heavy atom. The van der Waals surface area contributed by atoms with E-state index in [1.807, 2.05) is 5.38 Å². The molecule has 0 unspecified atom stereocenters. The minimum Gasteiger partial charge on any atom is -0.497 e. The van der Waals surface area contributed by atoms with Gasteiger partial charge in [0, 0.05) is 15.4 Å². The molecule has 0 spiro atoms. The summed E-state index contributed by atoms with van der Waals surface area (Å²) in [6, 6.07) is 13.7. The van der Waals surface area contributed by atoms with Crippen LogP contribution in [0.3, 0.4) is 0 Å². The maximum absolute atomic E-state index is 12.5. The van der Waals surface area contributed by atoms with Crippen molar-refractivity contribution in [2.75, 3.05) is 12.4 Å². The minimum absolute atomic E-state index is 0.227. The number of methoxy groups -OCH3 is 1. The number of thiazole rings is 1. The van der Waals surface area contributed by atoms with Crippen molar-refractivity contribution in [3.05, 3.63) is 63.4 Å². The fourth-order valence-corrected chi connectivity index (χ4v) is 3.71. The molecule has 1 amide bonds. The first-order valence-electron chi connectivity index (χ1n) is 8.30. The molecule has 0 saturated carbocycles. The van der Waals surface area contributed by atoms with Crippen molar-refractivity contribution in [1.29, 1.82) is 0 Å². The summed E-state index contributed by atoms with van der Waals surface area (Å²) in [6.45, 7) is 2.17. The first-order valence-corrected chi connectivity index (χ1v) is 9.97. The number of carbonyl (C=O) groups excluding carboxylic acids is 1. The minimum atomic E-state index is -0.227. The number of aromatic nitrogens is 1. The van der Waals surface area contributed by atoms with E-state index in [9.17, 15) is 4.79 Å². The quantitative estimate of drug-likeness (QED) is 0.538. The third-order valence-electron chi connectivity index (χ3n) is 3.93. The number of halogens is 1. The number of aryl methyl sites for hydroxylation is 1. The van der Waals surface area contributed by atoms with Crippen LogP contribution in [0.1, 0.15) is 29.3 Å². The lowest BCUT2D eigenvalue weighted by atomic mass is 10.1. The highest BCUT2D eigenvalue weighted by molar-refractivity contribution is 9.10. The van der Waals surface area contributed by atoms with Gasteiger partial charge >= 0.3 is 0 Å². The number of carbonyl (C=O) groups is 1. The van der Waals surface area contributed by atoms with Gasteiger partial charge in [0.15, 0.2) is 5.13 Å². The summed E-state index contributed by atoms with van der Waals surface area (Å²) in [5, 5.41) is 5.37. The van der Waals surface area contributed by atoms with Crippen molar-refractivity contribution < 1.29 is 9.53 Å².